The molecule has 3 heterocycles. The van der Waals surface area contributed by atoms with E-state index in [2.05, 4.69) is 6.92 Å². The molecule has 3 aliphatic heterocycles. The predicted octanol–water partition coefficient (Wildman–Crippen LogP) is 4.48. The van der Waals surface area contributed by atoms with Gasteiger partial charge in [-0.2, -0.15) is 0 Å². The summed E-state index contributed by atoms with van der Waals surface area (Å²) in [5.74, 6) is 1.07. The Morgan fingerprint density at radius 1 is 1.21 bits per heavy atom. The second-order valence-electron chi connectivity index (χ2n) is 8.62. The number of piperidine rings is 1. The van der Waals surface area contributed by atoms with Gasteiger partial charge in [0.15, 0.2) is 5.17 Å². The van der Waals surface area contributed by atoms with E-state index in [0.29, 0.717) is 29.4 Å². The predicted molar refractivity (Wildman–Crippen MR) is 130 cm³/mol. The fourth-order valence-corrected chi connectivity index (χ4v) is 5.50. The summed E-state index contributed by atoms with van der Waals surface area (Å²) in [5, 5.41) is 2.77. The zero-order valence-corrected chi connectivity index (χ0v) is 20.5. The van der Waals surface area contributed by atoms with E-state index in [1.165, 1.54) is 18.9 Å². The first-order valence-corrected chi connectivity index (χ1v) is 12.3. The monoisotopic (exact) mass is 469 g/mol. The van der Waals surface area contributed by atoms with Crippen molar-refractivity contribution in [3.05, 3.63) is 52.2 Å². The number of amidine groups is 1. The Balaban J connectivity index is 1.70. The number of thioether (sulfide) groups is 1. The summed E-state index contributed by atoms with van der Waals surface area (Å²) in [6, 6.07) is 7.25. The Morgan fingerprint density at radius 2 is 1.97 bits per heavy atom. The molecular weight excluding hydrogens is 438 g/mol. The average Bonchev–Trinajstić information content (AvgIpc) is 3.24. The summed E-state index contributed by atoms with van der Waals surface area (Å²) in [4.78, 5) is 34.9. The molecule has 8 heteroatoms. The van der Waals surface area contributed by atoms with Gasteiger partial charge in [0.05, 0.1) is 38.0 Å². The quantitative estimate of drug-likeness (QED) is 0.572. The van der Waals surface area contributed by atoms with Crippen molar-refractivity contribution in [2.75, 3.05) is 27.3 Å². The molecule has 1 atom stereocenters. The molecule has 3 aliphatic rings. The van der Waals surface area contributed by atoms with Crippen LogP contribution in [0.15, 0.2) is 51.6 Å². The van der Waals surface area contributed by atoms with Gasteiger partial charge in [-0.15, -0.1) is 0 Å². The molecular formula is C25H31N3O4S. The van der Waals surface area contributed by atoms with Gasteiger partial charge in [-0.3, -0.25) is 4.79 Å². The topological polar surface area (TPSA) is 71.4 Å². The van der Waals surface area contributed by atoms with Crippen molar-refractivity contribution in [2.24, 2.45) is 10.9 Å². The number of hydrogen-bond donors (Lipinski definition) is 0. The first-order valence-electron chi connectivity index (χ1n) is 11.4. The van der Waals surface area contributed by atoms with E-state index in [1.54, 1.807) is 7.11 Å². The maximum Gasteiger partial charge on any atom is 0.338 e. The second kappa shape index (κ2) is 10.0. The minimum absolute atomic E-state index is 0.115. The van der Waals surface area contributed by atoms with E-state index in [1.807, 2.05) is 46.4 Å². The van der Waals surface area contributed by atoms with Gasteiger partial charge in [0.25, 0.3) is 0 Å². The van der Waals surface area contributed by atoms with Crippen LogP contribution in [0.1, 0.15) is 51.1 Å². The minimum Gasteiger partial charge on any atom is -0.497 e. The standard InChI is InChI=1S/C25H31N3O4S/c1-5-20-22(24(30)32-4)23(17-7-6-8-19(13-17)31-3)28-18(15-33-25(28)26-20)14-21(29)27-11-9-16(2)10-12-27/h6-8,13,15-16,23H,5,9-12,14H2,1-4H3/t23-/m1/s1. The third-order valence-electron chi connectivity index (χ3n) is 6.51. The number of methoxy groups -OCH3 is 2. The molecule has 0 spiro atoms. The van der Waals surface area contributed by atoms with E-state index in [9.17, 15) is 9.59 Å². The van der Waals surface area contributed by atoms with Crippen LogP contribution < -0.4 is 4.74 Å². The van der Waals surface area contributed by atoms with E-state index >= 15 is 0 Å². The summed E-state index contributed by atoms with van der Waals surface area (Å²) < 4.78 is 10.6. The van der Waals surface area contributed by atoms with Gasteiger partial charge in [-0.1, -0.05) is 37.7 Å². The minimum atomic E-state index is -0.439. The zero-order valence-electron chi connectivity index (χ0n) is 19.7. The van der Waals surface area contributed by atoms with Gasteiger partial charge in [-0.05, 0) is 48.3 Å². The van der Waals surface area contributed by atoms with Gasteiger partial charge >= 0.3 is 5.97 Å². The lowest BCUT2D eigenvalue weighted by atomic mass is 9.92. The smallest absolute Gasteiger partial charge is 0.338 e. The molecule has 1 aromatic carbocycles. The van der Waals surface area contributed by atoms with Gasteiger partial charge < -0.3 is 19.3 Å². The normalized spacial score (nSPS) is 20.9. The average molecular weight is 470 g/mol. The number of hydrogen-bond acceptors (Lipinski definition) is 7. The molecule has 7 nitrogen and oxygen atoms in total. The molecule has 0 aliphatic carbocycles. The fourth-order valence-electron chi connectivity index (χ4n) is 4.56. The summed E-state index contributed by atoms with van der Waals surface area (Å²) in [6.07, 6.45) is 2.95. The lowest BCUT2D eigenvalue weighted by molar-refractivity contribution is -0.136. The first kappa shape index (κ1) is 23.4. The van der Waals surface area contributed by atoms with Crippen molar-refractivity contribution in [1.82, 2.24) is 9.80 Å². The SMILES string of the molecule is CCC1=C(C(=O)OC)[C@@H](c2cccc(OC)c2)N2C(CC(=O)N3CCC(C)CC3)=CSC2=N1. The number of esters is 1. The van der Waals surface area contributed by atoms with Crippen LogP contribution in [-0.2, 0) is 14.3 Å². The van der Waals surface area contributed by atoms with Crippen LogP contribution in [0.3, 0.4) is 0 Å². The molecule has 0 N–H and O–H groups in total. The van der Waals surface area contributed by atoms with Gasteiger partial charge in [-0.25, -0.2) is 9.79 Å². The van der Waals surface area contributed by atoms with E-state index in [-0.39, 0.29) is 12.3 Å². The van der Waals surface area contributed by atoms with Crippen LogP contribution in [0.25, 0.3) is 0 Å². The third-order valence-corrected chi connectivity index (χ3v) is 7.40. The third kappa shape index (κ3) is 4.67. The number of carbonyl (C=O) groups is 2. The number of fused-ring (bicyclic) bond motifs is 1. The number of aliphatic imine (C=N–C) groups is 1. The maximum atomic E-state index is 13.2. The summed E-state index contributed by atoms with van der Waals surface area (Å²) in [6.45, 7) is 5.82. The van der Waals surface area contributed by atoms with Crippen molar-refractivity contribution in [2.45, 2.75) is 45.6 Å². The molecule has 0 unspecified atom stereocenters. The number of allylic oxidation sites excluding steroid dienone is 1. The number of nitrogens with zero attached hydrogens (tertiary/aromatic N) is 3. The highest BCUT2D eigenvalue weighted by Gasteiger charge is 2.42. The van der Waals surface area contributed by atoms with Gasteiger partial charge in [0.1, 0.15) is 5.75 Å². The molecule has 0 saturated carbocycles. The van der Waals surface area contributed by atoms with Crippen molar-refractivity contribution >= 4 is 28.8 Å². The Kier molecular flexibility index (Phi) is 7.12. The molecule has 4 rings (SSSR count). The molecule has 33 heavy (non-hydrogen) atoms. The highest BCUT2D eigenvalue weighted by atomic mass is 32.2. The number of carbonyl (C=O) groups excluding carboxylic acids is 2. The molecule has 1 aromatic rings. The lowest BCUT2D eigenvalue weighted by Gasteiger charge is -2.37. The number of ether oxygens (including phenoxy) is 2. The van der Waals surface area contributed by atoms with Crippen LogP contribution >= 0.6 is 11.8 Å². The largest absolute Gasteiger partial charge is 0.497 e. The summed E-state index contributed by atoms with van der Waals surface area (Å²) in [5.41, 5.74) is 2.96. The van der Waals surface area contributed by atoms with Crippen LogP contribution in [0.4, 0.5) is 0 Å². The Labute approximate surface area is 199 Å². The van der Waals surface area contributed by atoms with E-state index in [0.717, 1.165) is 42.4 Å². The zero-order chi connectivity index (χ0) is 23.5. The fraction of sp³-hybridized carbons (Fsp3) is 0.480. The molecule has 0 bridgehead atoms. The number of likely N-dealkylation sites (tertiary alicyclic amines) is 1. The van der Waals surface area contributed by atoms with Crippen molar-refractivity contribution < 1.29 is 19.1 Å². The summed E-state index contributed by atoms with van der Waals surface area (Å²) >= 11 is 1.50. The second-order valence-corrected chi connectivity index (χ2v) is 9.45. The molecule has 0 aromatic heterocycles. The van der Waals surface area contributed by atoms with Crippen LogP contribution in [0, 0.1) is 5.92 Å². The Hall–Kier alpha value is -2.74. The van der Waals surface area contributed by atoms with Gasteiger partial charge in [0, 0.05) is 18.8 Å². The van der Waals surface area contributed by atoms with Gasteiger partial charge in [0.2, 0.25) is 5.91 Å². The highest BCUT2D eigenvalue weighted by Crippen LogP contribution is 2.46. The van der Waals surface area contributed by atoms with E-state index in [4.69, 9.17) is 14.5 Å². The molecule has 1 amide bonds. The lowest BCUT2D eigenvalue weighted by Crippen LogP contribution is -2.41. The first-order chi connectivity index (χ1) is 16.0. The highest BCUT2D eigenvalue weighted by molar-refractivity contribution is 8.16. The van der Waals surface area contributed by atoms with Crippen molar-refractivity contribution in [3.8, 4) is 5.75 Å². The molecule has 176 valence electrons. The maximum absolute atomic E-state index is 13.2. The Bertz CT molecular complexity index is 1020. The Morgan fingerprint density at radius 3 is 2.64 bits per heavy atom. The number of amides is 1. The molecule has 0 radical (unpaired) electrons. The molecule has 1 saturated heterocycles. The number of benzene rings is 1. The van der Waals surface area contributed by atoms with Crippen LogP contribution in [0.2, 0.25) is 0 Å². The van der Waals surface area contributed by atoms with Crippen molar-refractivity contribution in [1.29, 1.82) is 0 Å². The molecule has 1 fully saturated rings. The summed E-state index contributed by atoms with van der Waals surface area (Å²) in [7, 11) is 3.01. The number of rotatable bonds is 6. The van der Waals surface area contributed by atoms with Crippen LogP contribution in [0.5, 0.6) is 5.75 Å². The van der Waals surface area contributed by atoms with Crippen molar-refractivity contribution in [3.63, 3.8) is 0 Å². The van der Waals surface area contributed by atoms with E-state index < -0.39 is 12.0 Å². The van der Waals surface area contributed by atoms with Crippen LogP contribution in [-0.4, -0.2) is 54.2 Å².